The molecular weight excluding hydrogens is 774 g/mol. The molecule has 3 rings (SSSR count). The molecule has 3 aromatic heterocycles. The minimum Gasteiger partial charge on any atom is -0.550 e. The maximum Gasteiger partial charge on any atom is 6.00 e. The summed E-state index contributed by atoms with van der Waals surface area (Å²) < 4.78 is 0. The Morgan fingerprint density at radius 3 is 0.846 bits per heavy atom. The van der Waals surface area contributed by atoms with Gasteiger partial charge in [-0.2, -0.15) is 0 Å². The molecule has 0 radical (unpaired) electrons. The van der Waals surface area contributed by atoms with Crippen LogP contribution in [0.5, 0.6) is 0 Å². The summed E-state index contributed by atoms with van der Waals surface area (Å²) in [4.78, 5) is 78.1. The summed E-state index contributed by atoms with van der Waals surface area (Å²) in [5.41, 5.74) is 16.6. The number of nitrogens with zero attached hydrogens (tertiary/aromatic N) is 3. The predicted octanol–water partition coefficient (Wildman–Crippen LogP) is -7.49. The second-order valence-corrected chi connectivity index (χ2v) is 9.31. The van der Waals surface area contributed by atoms with Gasteiger partial charge in [-0.15, -0.1) is 0 Å². The molecule has 0 spiro atoms. The summed E-state index contributed by atoms with van der Waals surface area (Å²) in [7, 11) is 0. The van der Waals surface area contributed by atoms with E-state index in [1.54, 1.807) is 18.6 Å². The van der Waals surface area contributed by atoms with Crippen molar-refractivity contribution in [3.05, 3.63) is 72.9 Å². The Kier molecular flexibility index (Phi) is 34.4. The normalized spacial score (nSPS) is 11.4. The maximum absolute atomic E-state index is 9.86. The number of carbonyl (C=O) groups is 6. The van der Waals surface area contributed by atoms with E-state index in [1.807, 2.05) is 0 Å². The Morgan fingerprint density at radius 1 is 0.538 bits per heavy atom. The van der Waals surface area contributed by atoms with Crippen LogP contribution in [-0.4, -0.2) is 85.4 Å². The number of rotatable bonds is 12. The number of carboxylic acid groups (broad SMARTS) is 6. The molecule has 0 bridgehead atoms. The van der Waals surface area contributed by atoms with Gasteiger partial charge in [0.1, 0.15) is 0 Å². The Labute approximate surface area is 312 Å². The fourth-order valence-corrected chi connectivity index (χ4v) is 1.84. The number of hydrogen-bond acceptors (Lipinski definition) is 18. The van der Waals surface area contributed by atoms with Crippen LogP contribution in [0, 0.1) is 17.8 Å². The third-order valence-corrected chi connectivity index (χ3v) is 5.00. The number of hydrogen-bond donors (Lipinski definition) is 6. The molecule has 0 aliphatic carbocycles. The average Bonchev–Trinajstić information content (AvgIpc) is 3.90. The van der Waals surface area contributed by atoms with Gasteiger partial charge in [-0.05, 0) is 36.5 Å². The Bertz CT molecular complexity index is 1300. The van der Waals surface area contributed by atoms with Crippen molar-refractivity contribution >= 4 is 54.0 Å². The number of aromatic nitrogens is 6. The van der Waals surface area contributed by atoms with Gasteiger partial charge in [0.25, 0.3) is 0 Å². The van der Waals surface area contributed by atoms with E-state index >= 15 is 0 Å². The number of carbonyl (C=O) groups excluding carboxylic acids is 6. The second-order valence-electron chi connectivity index (χ2n) is 9.31. The van der Waals surface area contributed by atoms with Gasteiger partial charge in [-0.3, -0.25) is 0 Å². The first-order chi connectivity index (χ1) is 23.9. The van der Waals surface area contributed by atoms with Crippen molar-refractivity contribution in [3.63, 3.8) is 0 Å². The van der Waals surface area contributed by atoms with Crippen LogP contribution in [0.25, 0.3) is 18.2 Å². The topological polar surface area (TPSA) is 405 Å². The molecule has 3 unspecified atom stereocenters. The van der Waals surface area contributed by atoms with E-state index in [0.717, 1.165) is 18.2 Å². The van der Waals surface area contributed by atoms with Crippen LogP contribution in [0.2, 0.25) is 0 Å². The van der Waals surface area contributed by atoms with Crippen LogP contribution in [0.3, 0.4) is 0 Å². The summed E-state index contributed by atoms with van der Waals surface area (Å²) >= 11 is 0. The minimum atomic E-state index is -1.22. The monoisotopic (exact) mass is 815 g/mol. The van der Waals surface area contributed by atoms with Gasteiger partial charge >= 0.3 is 21.1 Å². The van der Waals surface area contributed by atoms with Crippen LogP contribution >= 0.6 is 0 Å². The molecule has 3 heterocycles. The third kappa shape index (κ3) is 35.5. The summed E-state index contributed by atoms with van der Waals surface area (Å²) in [5.74, 6) is -8.44. The largest absolute Gasteiger partial charge is 6.00 e. The van der Waals surface area contributed by atoms with Crippen LogP contribution < -0.4 is 47.8 Å². The van der Waals surface area contributed by atoms with Crippen molar-refractivity contribution in [1.82, 2.24) is 29.9 Å². The zero-order chi connectivity index (χ0) is 39.8. The van der Waals surface area contributed by atoms with Crippen molar-refractivity contribution < 1.29 is 80.5 Å². The van der Waals surface area contributed by atoms with Gasteiger partial charge in [-0.25, -0.2) is 15.0 Å². The van der Waals surface area contributed by atoms with Gasteiger partial charge < -0.3 is 91.6 Å². The fourth-order valence-electron chi connectivity index (χ4n) is 1.84. The first-order valence-corrected chi connectivity index (χ1v) is 14.3. The Hall–Kier alpha value is -5.76. The second kappa shape index (κ2) is 33.7. The van der Waals surface area contributed by atoms with Crippen molar-refractivity contribution in [2.45, 2.75) is 20.8 Å². The van der Waals surface area contributed by atoms with Crippen molar-refractivity contribution in [2.75, 3.05) is 19.6 Å². The zero-order valence-corrected chi connectivity index (χ0v) is 30.2. The van der Waals surface area contributed by atoms with E-state index in [1.165, 1.54) is 58.0 Å². The molecule has 3 aromatic rings. The Morgan fingerprint density at radius 2 is 0.750 bits per heavy atom. The van der Waals surface area contributed by atoms with Gasteiger partial charge in [0.15, 0.2) is 0 Å². The third-order valence-electron chi connectivity index (χ3n) is 5.00. The molecule has 0 aliphatic heterocycles. The van der Waals surface area contributed by atoms with E-state index in [9.17, 15) is 59.4 Å². The number of aromatic amines is 3. The smallest absolute Gasteiger partial charge is 0.550 e. The number of H-pyrrole nitrogens is 3. The van der Waals surface area contributed by atoms with Crippen LogP contribution in [-0.2, 0) is 49.8 Å². The van der Waals surface area contributed by atoms with E-state index in [4.69, 9.17) is 17.2 Å². The molecule has 0 aromatic carbocycles. The van der Waals surface area contributed by atoms with Gasteiger partial charge in [0.05, 0.1) is 54.0 Å². The predicted molar refractivity (Wildman–Crippen MR) is 168 cm³/mol. The van der Waals surface area contributed by atoms with Crippen molar-refractivity contribution in [2.24, 2.45) is 35.0 Å². The van der Waals surface area contributed by atoms with Gasteiger partial charge in [-0.1, -0.05) is 20.8 Å². The number of imidazole rings is 3. The summed E-state index contributed by atoms with van der Waals surface area (Å²) in [6.45, 7) is 4.99. The molecule has 0 aliphatic rings. The molecule has 0 amide bonds. The molecule has 22 heteroatoms. The van der Waals surface area contributed by atoms with Crippen LogP contribution in [0.4, 0.5) is 0 Å². The van der Waals surface area contributed by atoms with E-state index in [-0.39, 0.29) is 40.7 Å². The van der Waals surface area contributed by atoms with E-state index in [0.29, 0.717) is 17.1 Å². The molecule has 21 nitrogen and oxygen atoms in total. The molecule has 0 fully saturated rings. The van der Waals surface area contributed by atoms with Crippen LogP contribution in [0.1, 0.15) is 37.9 Å². The molecule has 3 atom stereocenters. The fraction of sp³-hybridized carbons (Fsp3) is 0.300. The SMILES string of the molecule is CC(CN)C(=O)[O-].CC(CN)C(=O)[O-].CC(CN)C(=O)[O-].O=C([O-])C=Cc1c[nH]cn1.O=C([O-])C=Cc1c[nH]cn1.O=C([O-])C=Cc1c[nH]cn1.[Mo+6]. The molecule has 282 valence electrons. The van der Waals surface area contributed by atoms with E-state index in [2.05, 4.69) is 29.9 Å². The number of aliphatic carboxylic acids is 6. The summed E-state index contributed by atoms with van der Waals surface area (Å²) in [6.07, 6.45) is 16.0. The van der Waals surface area contributed by atoms with Gasteiger partial charge in [0, 0.05) is 73.9 Å². The number of nitrogens with one attached hydrogen (secondary N) is 3. The van der Waals surface area contributed by atoms with Crippen molar-refractivity contribution in [1.29, 1.82) is 0 Å². The first kappa shape index (κ1) is 53.0. The van der Waals surface area contributed by atoms with E-state index < -0.39 is 53.6 Å². The summed E-state index contributed by atoms with van der Waals surface area (Å²) in [5, 5.41) is 58.8. The first-order valence-electron chi connectivity index (χ1n) is 14.3. The average molecular weight is 814 g/mol. The molecular formula is C30H39MoN9O12. The van der Waals surface area contributed by atoms with Gasteiger partial charge in [0.2, 0.25) is 0 Å². The maximum atomic E-state index is 9.86. The number of nitrogens with two attached hydrogens (primary N) is 3. The van der Waals surface area contributed by atoms with Crippen molar-refractivity contribution in [3.8, 4) is 0 Å². The molecule has 0 saturated carbocycles. The standard InChI is InChI=1S/3C6H6N2O2.3C4H9NO2.Mo/c3*9-6(10)2-1-5-3-7-4-8-5;3*1-3(2-5)4(6)7;/h3*1-4H,(H,7,8)(H,9,10);3*3H,2,5H2,1H3,(H,6,7);/q;;;;;;+6/p-6. The zero-order valence-electron chi connectivity index (χ0n) is 28.2. The molecule has 52 heavy (non-hydrogen) atoms. The summed E-state index contributed by atoms with van der Waals surface area (Å²) in [6, 6.07) is 0. The number of carboxylic acids is 6. The molecule has 9 N–H and O–H groups in total. The quantitative estimate of drug-likeness (QED) is 0.0730. The minimum absolute atomic E-state index is 0. The van der Waals surface area contributed by atoms with Crippen LogP contribution in [0.15, 0.2) is 55.8 Å². The Balaban J connectivity index is -0.000000267. The molecule has 0 saturated heterocycles.